The standard InChI is InChI=1S/C22H17ClN2O2/c1-14-19-10-9-17(22(26)27)12-21(19)24-25(14)13-18-8-7-16(11-20(18)23)15-5-3-2-4-6-15/h2-12H,13H2,1H3,(H,26,27). The quantitative estimate of drug-likeness (QED) is 0.518. The first-order valence-corrected chi connectivity index (χ1v) is 8.95. The minimum Gasteiger partial charge on any atom is -0.478 e. The van der Waals surface area contributed by atoms with Gasteiger partial charge in [-0.2, -0.15) is 5.10 Å². The molecule has 0 radical (unpaired) electrons. The monoisotopic (exact) mass is 376 g/mol. The highest BCUT2D eigenvalue weighted by Gasteiger charge is 2.12. The summed E-state index contributed by atoms with van der Waals surface area (Å²) in [5, 5.41) is 15.4. The predicted octanol–water partition coefficient (Wildman–Crippen LogP) is 5.41. The van der Waals surface area contributed by atoms with Crippen molar-refractivity contribution in [2.75, 3.05) is 0 Å². The molecule has 1 N–H and O–H groups in total. The number of aromatic nitrogens is 2. The average Bonchev–Trinajstić information content (AvgIpc) is 2.99. The molecule has 1 aromatic heterocycles. The lowest BCUT2D eigenvalue weighted by Crippen LogP contribution is -2.04. The van der Waals surface area contributed by atoms with Gasteiger partial charge in [0, 0.05) is 16.1 Å². The molecule has 0 saturated carbocycles. The smallest absolute Gasteiger partial charge is 0.335 e. The van der Waals surface area contributed by atoms with Gasteiger partial charge in [0.05, 0.1) is 17.6 Å². The van der Waals surface area contributed by atoms with Crippen LogP contribution in [0.15, 0.2) is 66.7 Å². The highest BCUT2D eigenvalue weighted by molar-refractivity contribution is 6.31. The molecule has 0 atom stereocenters. The van der Waals surface area contributed by atoms with Gasteiger partial charge in [-0.05, 0) is 41.8 Å². The molecule has 0 amide bonds. The Balaban J connectivity index is 1.68. The Labute approximate surface area is 161 Å². The predicted molar refractivity (Wildman–Crippen MR) is 107 cm³/mol. The summed E-state index contributed by atoms with van der Waals surface area (Å²) in [7, 11) is 0. The van der Waals surface area contributed by atoms with Crippen molar-refractivity contribution >= 4 is 28.5 Å². The molecular formula is C22H17ClN2O2. The van der Waals surface area contributed by atoms with Gasteiger partial charge in [-0.1, -0.05) is 60.1 Å². The molecule has 0 aliphatic heterocycles. The van der Waals surface area contributed by atoms with Crippen molar-refractivity contribution < 1.29 is 9.90 Å². The topological polar surface area (TPSA) is 55.1 Å². The molecule has 0 bridgehead atoms. The lowest BCUT2D eigenvalue weighted by molar-refractivity contribution is 0.0697. The van der Waals surface area contributed by atoms with E-state index in [2.05, 4.69) is 23.3 Å². The summed E-state index contributed by atoms with van der Waals surface area (Å²) in [4.78, 5) is 11.2. The lowest BCUT2D eigenvalue weighted by Gasteiger charge is -2.09. The van der Waals surface area contributed by atoms with E-state index in [1.807, 2.05) is 41.9 Å². The van der Waals surface area contributed by atoms with Crippen LogP contribution in [0.5, 0.6) is 0 Å². The Hall–Kier alpha value is -3.11. The minimum absolute atomic E-state index is 0.234. The summed E-state index contributed by atoms with van der Waals surface area (Å²) < 4.78 is 1.86. The third kappa shape index (κ3) is 3.32. The molecule has 27 heavy (non-hydrogen) atoms. The highest BCUT2D eigenvalue weighted by atomic mass is 35.5. The molecule has 1 heterocycles. The van der Waals surface area contributed by atoms with Crippen LogP contribution in [-0.2, 0) is 6.54 Å². The zero-order chi connectivity index (χ0) is 19.0. The molecule has 0 saturated heterocycles. The van der Waals surface area contributed by atoms with Crippen LogP contribution in [0.4, 0.5) is 0 Å². The summed E-state index contributed by atoms with van der Waals surface area (Å²) >= 11 is 6.53. The van der Waals surface area contributed by atoms with Crippen molar-refractivity contribution in [3.8, 4) is 11.1 Å². The number of carboxylic acid groups (broad SMARTS) is 1. The Kier molecular flexibility index (Phi) is 4.42. The third-order valence-corrected chi connectivity index (χ3v) is 5.08. The molecule has 0 unspecified atom stereocenters. The summed E-state index contributed by atoms with van der Waals surface area (Å²) in [6.45, 7) is 2.50. The van der Waals surface area contributed by atoms with Crippen LogP contribution < -0.4 is 0 Å². The molecule has 0 fully saturated rings. The largest absolute Gasteiger partial charge is 0.478 e. The van der Waals surface area contributed by atoms with E-state index in [4.69, 9.17) is 16.7 Å². The van der Waals surface area contributed by atoms with Crippen molar-refractivity contribution in [3.05, 3.63) is 88.6 Å². The first-order valence-electron chi connectivity index (χ1n) is 8.57. The molecule has 0 aliphatic carbocycles. The van der Waals surface area contributed by atoms with Crippen molar-refractivity contribution in [1.29, 1.82) is 0 Å². The third-order valence-electron chi connectivity index (χ3n) is 4.73. The maximum atomic E-state index is 11.2. The van der Waals surface area contributed by atoms with Gasteiger partial charge in [-0.15, -0.1) is 0 Å². The number of nitrogens with zero attached hydrogens (tertiary/aromatic N) is 2. The number of aromatic carboxylic acids is 1. The molecule has 0 spiro atoms. The van der Waals surface area contributed by atoms with Gasteiger partial charge in [0.15, 0.2) is 0 Å². The van der Waals surface area contributed by atoms with Gasteiger partial charge in [-0.25, -0.2) is 4.79 Å². The molecule has 0 aliphatic rings. The van der Waals surface area contributed by atoms with Crippen molar-refractivity contribution in [1.82, 2.24) is 9.78 Å². The summed E-state index contributed by atoms with van der Waals surface area (Å²) in [5.74, 6) is -0.955. The number of rotatable bonds is 4. The Morgan fingerprint density at radius 1 is 1.04 bits per heavy atom. The van der Waals surface area contributed by atoms with Crippen LogP contribution in [0.25, 0.3) is 22.0 Å². The van der Waals surface area contributed by atoms with Crippen LogP contribution in [0, 0.1) is 6.92 Å². The molecule has 4 rings (SSSR count). The molecule has 4 aromatic rings. The fraction of sp³-hybridized carbons (Fsp3) is 0.0909. The second kappa shape index (κ2) is 6.89. The number of benzene rings is 3. The minimum atomic E-state index is -0.955. The molecule has 4 nitrogen and oxygen atoms in total. The Morgan fingerprint density at radius 2 is 1.81 bits per heavy atom. The van der Waals surface area contributed by atoms with Crippen LogP contribution in [-0.4, -0.2) is 20.9 Å². The second-order valence-corrected chi connectivity index (χ2v) is 6.86. The lowest BCUT2D eigenvalue weighted by atomic mass is 10.0. The highest BCUT2D eigenvalue weighted by Crippen LogP contribution is 2.27. The van der Waals surface area contributed by atoms with E-state index >= 15 is 0 Å². The summed E-state index contributed by atoms with van der Waals surface area (Å²) in [6.07, 6.45) is 0. The van der Waals surface area contributed by atoms with E-state index in [1.54, 1.807) is 18.2 Å². The zero-order valence-corrected chi connectivity index (χ0v) is 15.4. The van der Waals surface area contributed by atoms with Gasteiger partial charge in [0.2, 0.25) is 0 Å². The maximum Gasteiger partial charge on any atom is 0.335 e. The van der Waals surface area contributed by atoms with Crippen molar-refractivity contribution in [2.45, 2.75) is 13.5 Å². The van der Waals surface area contributed by atoms with Crippen molar-refractivity contribution in [3.63, 3.8) is 0 Å². The van der Waals surface area contributed by atoms with Gasteiger partial charge < -0.3 is 5.11 Å². The fourth-order valence-corrected chi connectivity index (χ4v) is 3.44. The van der Waals surface area contributed by atoms with E-state index in [9.17, 15) is 4.79 Å². The van der Waals surface area contributed by atoms with Crippen LogP contribution in [0.2, 0.25) is 5.02 Å². The molecular weight excluding hydrogens is 360 g/mol. The number of aryl methyl sites for hydroxylation is 1. The number of carbonyl (C=O) groups is 1. The van der Waals surface area contributed by atoms with Crippen LogP contribution in [0.1, 0.15) is 21.6 Å². The zero-order valence-electron chi connectivity index (χ0n) is 14.7. The number of carboxylic acids is 1. The normalized spacial score (nSPS) is 11.0. The van der Waals surface area contributed by atoms with E-state index in [0.717, 1.165) is 27.8 Å². The van der Waals surface area contributed by atoms with Gasteiger partial charge in [0.1, 0.15) is 0 Å². The first-order chi connectivity index (χ1) is 13.0. The van der Waals surface area contributed by atoms with E-state index in [0.29, 0.717) is 17.1 Å². The molecule has 134 valence electrons. The Bertz CT molecular complexity index is 1150. The van der Waals surface area contributed by atoms with E-state index in [1.165, 1.54) is 0 Å². The van der Waals surface area contributed by atoms with Gasteiger partial charge in [-0.3, -0.25) is 4.68 Å². The van der Waals surface area contributed by atoms with Gasteiger partial charge in [0.25, 0.3) is 0 Å². The Morgan fingerprint density at radius 3 is 2.52 bits per heavy atom. The summed E-state index contributed by atoms with van der Waals surface area (Å²) in [5.41, 5.74) is 5.03. The fourth-order valence-electron chi connectivity index (χ4n) is 3.20. The number of hydrogen-bond acceptors (Lipinski definition) is 2. The van der Waals surface area contributed by atoms with E-state index < -0.39 is 5.97 Å². The van der Waals surface area contributed by atoms with E-state index in [-0.39, 0.29) is 5.56 Å². The second-order valence-electron chi connectivity index (χ2n) is 6.45. The van der Waals surface area contributed by atoms with Crippen LogP contribution in [0.3, 0.4) is 0 Å². The number of fused-ring (bicyclic) bond motifs is 1. The average molecular weight is 377 g/mol. The number of hydrogen-bond donors (Lipinski definition) is 1. The van der Waals surface area contributed by atoms with Gasteiger partial charge >= 0.3 is 5.97 Å². The maximum absolute atomic E-state index is 11.2. The van der Waals surface area contributed by atoms with Crippen molar-refractivity contribution in [2.24, 2.45) is 0 Å². The first kappa shape index (κ1) is 17.3. The molecule has 5 heteroatoms. The SMILES string of the molecule is Cc1c2ccc(C(=O)O)cc2nn1Cc1ccc(-c2ccccc2)cc1Cl. The summed E-state index contributed by atoms with van der Waals surface area (Å²) in [6, 6.07) is 21.1. The number of halogens is 1. The van der Waals surface area contributed by atoms with Crippen LogP contribution >= 0.6 is 11.6 Å². The molecule has 3 aromatic carbocycles.